The highest BCUT2D eigenvalue weighted by molar-refractivity contribution is 8.18. The van der Waals surface area contributed by atoms with Crippen LogP contribution in [0.25, 0.3) is 17.4 Å². The van der Waals surface area contributed by atoms with E-state index in [4.69, 9.17) is 16.0 Å². The molecule has 25 heavy (non-hydrogen) atoms. The number of hydrogen-bond acceptors (Lipinski definition) is 6. The summed E-state index contributed by atoms with van der Waals surface area (Å²) in [5, 5.41) is 10.9. The topological polar surface area (TPSA) is 93.7 Å². The van der Waals surface area contributed by atoms with Crippen LogP contribution < -0.4 is 0 Å². The molecule has 2 aromatic rings. The van der Waals surface area contributed by atoms with Gasteiger partial charge in [0, 0.05) is 30.3 Å². The van der Waals surface area contributed by atoms with Crippen molar-refractivity contribution in [2.75, 3.05) is 6.54 Å². The number of thioether (sulfide) groups is 1. The number of hydrogen-bond donors (Lipinski definition) is 0. The Bertz CT molecular complexity index is 921. The van der Waals surface area contributed by atoms with E-state index in [0.29, 0.717) is 28.7 Å². The van der Waals surface area contributed by atoms with Gasteiger partial charge in [-0.3, -0.25) is 24.6 Å². The average Bonchev–Trinajstić information content (AvgIpc) is 3.13. The highest BCUT2D eigenvalue weighted by Gasteiger charge is 2.33. The lowest BCUT2D eigenvalue weighted by atomic mass is 10.1. The molecular formula is C16H11ClN2O5S. The molecule has 1 aromatic heterocycles. The van der Waals surface area contributed by atoms with Crippen LogP contribution >= 0.6 is 23.4 Å². The predicted molar refractivity (Wildman–Crippen MR) is 94.2 cm³/mol. The quantitative estimate of drug-likeness (QED) is 0.439. The van der Waals surface area contributed by atoms with Crippen LogP contribution in [0, 0.1) is 10.1 Å². The lowest BCUT2D eigenvalue weighted by molar-refractivity contribution is -0.384. The fraction of sp³-hybridized carbons (Fsp3) is 0.125. The zero-order valence-corrected chi connectivity index (χ0v) is 14.5. The third-order valence-electron chi connectivity index (χ3n) is 3.52. The highest BCUT2D eigenvalue weighted by atomic mass is 35.5. The molecule has 3 rings (SSSR count). The van der Waals surface area contributed by atoms with Crippen molar-refractivity contribution in [1.82, 2.24) is 4.90 Å². The molecular weight excluding hydrogens is 368 g/mol. The molecule has 0 saturated carbocycles. The summed E-state index contributed by atoms with van der Waals surface area (Å²) in [6, 6.07) is 7.24. The van der Waals surface area contributed by atoms with Gasteiger partial charge in [0.2, 0.25) is 0 Å². The Labute approximate surface area is 151 Å². The molecule has 1 aliphatic rings. The molecule has 1 aliphatic heterocycles. The van der Waals surface area contributed by atoms with Crippen LogP contribution in [0.5, 0.6) is 0 Å². The van der Waals surface area contributed by atoms with Crippen LogP contribution in [-0.4, -0.2) is 27.5 Å². The zero-order chi connectivity index (χ0) is 18.1. The molecule has 0 atom stereocenters. The maximum atomic E-state index is 12.1. The number of non-ortho nitro benzene ring substituents is 1. The van der Waals surface area contributed by atoms with Gasteiger partial charge in [0.15, 0.2) is 0 Å². The molecule has 7 nitrogen and oxygen atoms in total. The summed E-state index contributed by atoms with van der Waals surface area (Å²) in [4.78, 5) is 35.6. The van der Waals surface area contributed by atoms with Crippen LogP contribution in [0.2, 0.25) is 5.02 Å². The van der Waals surface area contributed by atoms with Crippen LogP contribution in [0.1, 0.15) is 12.7 Å². The maximum Gasteiger partial charge on any atom is 0.293 e. The van der Waals surface area contributed by atoms with E-state index in [1.165, 1.54) is 24.3 Å². The van der Waals surface area contributed by atoms with Gasteiger partial charge in [-0.2, -0.15) is 0 Å². The summed E-state index contributed by atoms with van der Waals surface area (Å²) < 4.78 is 5.62. The Hall–Kier alpha value is -2.58. The summed E-state index contributed by atoms with van der Waals surface area (Å²) >= 11 is 6.93. The monoisotopic (exact) mass is 378 g/mol. The van der Waals surface area contributed by atoms with Crippen molar-refractivity contribution in [1.29, 1.82) is 0 Å². The Morgan fingerprint density at radius 1 is 1.32 bits per heavy atom. The van der Waals surface area contributed by atoms with Crippen LogP contribution in [-0.2, 0) is 4.79 Å². The molecule has 2 heterocycles. The number of imide groups is 1. The lowest BCUT2D eigenvalue weighted by Crippen LogP contribution is -2.27. The highest BCUT2D eigenvalue weighted by Crippen LogP contribution is 2.35. The minimum Gasteiger partial charge on any atom is -0.457 e. The third kappa shape index (κ3) is 3.31. The van der Waals surface area contributed by atoms with E-state index in [2.05, 4.69) is 0 Å². The van der Waals surface area contributed by atoms with Gasteiger partial charge >= 0.3 is 0 Å². The summed E-state index contributed by atoms with van der Waals surface area (Å²) in [7, 11) is 0. The predicted octanol–water partition coefficient (Wildman–Crippen LogP) is 4.56. The van der Waals surface area contributed by atoms with E-state index in [1.807, 2.05) is 0 Å². The first kappa shape index (κ1) is 17.2. The second-order valence-electron chi connectivity index (χ2n) is 5.05. The average molecular weight is 379 g/mol. The number of benzene rings is 1. The molecule has 0 aliphatic carbocycles. The van der Waals surface area contributed by atoms with Gasteiger partial charge in [-0.15, -0.1) is 0 Å². The summed E-state index contributed by atoms with van der Waals surface area (Å²) in [5.41, 5.74) is 0.263. The Kier molecular flexibility index (Phi) is 4.65. The number of nitro benzene ring substituents is 1. The van der Waals surface area contributed by atoms with Crippen molar-refractivity contribution in [2.45, 2.75) is 6.92 Å². The number of halogens is 1. The fourth-order valence-corrected chi connectivity index (χ4v) is 3.39. The van der Waals surface area contributed by atoms with E-state index in [1.54, 1.807) is 19.1 Å². The second kappa shape index (κ2) is 6.73. The molecule has 0 radical (unpaired) electrons. The normalized spacial score (nSPS) is 16.1. The number of furan rings is 1. The first-order valence-corrected chi connectivity index (χ1v) is 8.39. The zero-order valence-electron chi connectivity index (χ0n) is 12.9. The molecule has 9 heteroatoms. The number of nitrogens with zero attached hydrogens (tertiary/aromatic N) is 2. The molecule has 0 unspecified atom stereocenters. The van der Waals surface area contributed by atoms with Crippen molar-refractivity contribution >= 4 is 46.3 Å². The standard InChI is InChI=1S/C16H11ClN2O5S/c1-2-18-15(20)14(25-16(18)21)8-10-4-6-13(24-10)11-7-9(19(22)23)3-5-12(11)17/h3-8H,2H2,1H3/b14-8+. The van der Waals surface area contributed by atoms with Crippen molar-refractivity contribution in [3.05, 3.63) is 56.1 Å². The minimum absolute atomic E-state index is 0.110. The van der Waals surface area contributed by atoms with Crippen molar-refractivity contribution < 1.29 is 18.9 Å². The Morgan fingerprint density at radius 2 is 2.08 bits per heavy atom. The van der Waals surface area contributed by atoms with E-state index in [9.17, 15) is 19.7 Å². The van der Waals surface area contributed by atoms with Gasteiger partial charge in [0.25, 0.3) is 16.8 Å². The first-order chi connectivity index (χ1) is 11.9. The molecule has 0 N–H and O–H groups in total. The van der Waals surface area contributed by atoms with Gasteiger partial charge in [0.1, 0.15) is 11.5 Å². The summed E-state index contributed by atoms with van der Waals surface area (Å²) in [5.74, 6) is 0.303. The summed E-state index contributed by atoms with van der Waals surface area (Å²) in [6.07, 6.45) is 1.47. The van der Waals surface area contributed by atoms with Crippen molar-refractivity contribution in [3.8, 4) is 11.3 Å². The maximum absolute atomic E-state index is 12.1. The van der Waals surface area contributed by atoms with Crippen molar-refractivity contribution in [2.24, 2.45) is 0 Å². The van der Waals surface area contributed by atoms with Gasteiger partial charge in [-0.25, -0.2) is 0 Å². The number of carbonyl (C=O) groups is 2. The number of nitro groups is 1. The molecule has 1 saturated heterocycles. The number of amides is 2. The van der Waals surface area contributed by atoms with Crippen LogP contribution in [0.4, 0.5) is 10.5 Å². The van der Waals surface area contributed by atoms with Gasteiger partial charge in [0.05, 0.1) is 14.9 Å². The smallest absolute Gasteiger partial charge is 0.293 e. The van der Waals surface area contributed by atoms with E-state index >= 15 is 0 Å². The number of carbonyl (C=O) groups excluding carboxylic acids is 2. The SMILES string of the molecule is CCN1C(=O)S/C(=C/c2ccc(-c3cc([N+](=O)[O-])ccc3Cl)o2)C1=O. The first-order valence-electron chi connectivity index (χ1n) is 7.20. The molecule has 1 fully saturated rings. The molecule has 2 amide bonds. The minimum atomic E-state index is -0.523. The molecule has 128 valence electrons. The van der Waals surface area contributed by atoms with Crippen LogP contribution in [0.3, 0.4) is 0 Å². The fourth-order valence-electron chi connectivity index (χ4n) is 2.29. The molecule has 1 aromatic carbocycles. The largest absolute Gasteiger partial charge is 0.457 e. The summed E-state index contributed by atoms with van der Waals surface area (Å²) in [6.45, 7) is 2.02. The molecule has 0 bridgehead atoms. The second-order valence-corrected chi connectivity index (χ2v) is 6.45. The number of likely N-dealkylation sites (N-methyl/N-ethyl adjacent to an activating group) is 1. The van der Waals surface area contributed by atoms with Gasteiger partial charge in [-0.1, -0.05) is 11.6 Å². The Balaban J connectivity index is 1.93. The van der Waals surface area contributed by atoms with Gasteiger partial charge < -0.3 is 4.42 Å². The van der Waals surface area contributed by atoms with E-state index < -0.39 is 4.92 Å². The Morgan fingerprint density at radius 3 is 2.72 bits per heavy atom. The van der Waals surface area contributed by atoms with Crippen LogP contribution in [0.15, 0.2) is 39.7 Å². The third-order valence-corrected chi connectivity index (χ3v) is 4.75. The van der Waals surface area contributed by atoms with E-state index in [-0.39, 0.29) is 21.7 Å². The van der Waals surface area contributed by atoms with Gasteiger partial charge in [-0.05, 0) is 36.9 Å². The molecule has 0 spiro atoms. The van der Waals surface area contributed by atoms with E-state index in [0.717, 1.165) is 16.7 Å². The number of rotatable bonds is 4. The lowest BCUT2D eigenvalue weighted by Gasteiger charge is -2.06. The van der Waals surface area contributed by atoms with Crippen molar-refractivity contribution in [3.63, 3.8) is 0 Å².